The molecule has 3 aromatic rings. The van der Waals surface area contributed by atoms with Gasteiger partial charge in [0, 0.05) is 49.0 Å². The van der Waals surface area contributed by atoms with Crippen LogP contribution in [0.3, 0.4) is 0 Å². The van der Waals surface area contributed by atoms with Crippen molar-refractivity contribution < 1.29 is 13.2 Å². The quantitative estimate of drug-likeness (QED) is 0.384. The summed E-state index contributed by atoms with van der Waals surface area (Å²) in [6.07, 6.45) is 6.77. The van der Waals surface area contributed by atoms with Gasteiger partial charge in [0.15, 0.2) is 15.0 Å². The number of carbonyl (C=O) groups excluding carboxylic acids is 1. The first-order chi connectivity index (χ1) is 14.2. The summed E-state index contributed by atoms with van der Waals surface area (Å²) in [7, 11) is -3.28. The van der Waals surface area contributed by atoms with Crippen molar-refractivity contribution in [2.45, 2.75) is 16.2 Å². The largest absolute Gasteiger partial charge is 0.370 e. The van der Waals surface area contributed by atoms with Crippen molar-refractivity contribution in [3.63, 3.8) is 0 Å². The third-order valence-electron chi connectivity index (χ3n) is 4.23. The van der Waals surface area contributed by atoms with E-state index in [9.17, 15) is 13.2 Å². The van der Waals surface area contributed by atoms with Gasteiger partial charge >= 0.3 is 0 Å². The second-order valence-electron chi connectivity index (χ2n) is 6.67. The number of hydrogen-bond acceptors (Lipinski definition) is 10. The Morgan fingerprint density at radius 2 is 1.93 bits per heavy atom. The van der Waals surface area contributed by atoms with Crippen LogP contribution in [0.5, 0.6) is 0 Å². The SMILES string of the molecule is CSc1cnc(NCC(CNc2nc3ccc(S(C)(=O)=O)cc3s2)CC(N)=O)nc1. The van der Waals surface area contributed by atoms with Gasteiger partial charge in [-0.2, -0.15) is 0 Å². The van der Waals surface area contributed by atoms with Gasteiger partial charge in [-0.05, 0) is 24.5 Å². The molecule has 0 spiro atoms. The number of nitrogens with zero attached hydrogens (tertiary/aromatic N) is 3. The van der Waals surface area contributed by atoms with E-state index in [0.717, 1.165) is 9.60 Å². The number of benzene rings is 1. The van der Waals surface area contributed by atoms with Crippen LogP contribution in [-0.2, 0) is 14.6 Å². The average Bonchev–Trinajstić information content (AvgIpc) is 3.11. The molecule has 0 saturated heterocycles. The summed E-state index contributed by atoms with van der Waals surface area (Å²) in [6, 6.07) is 4.85. The Balaban J connectivity index is 1.65. The van der Waals surface area contributed by atoms with E-state index in [1.807, 2.05) is 6.26 Å². The Kier molecular flexibility index (Phi) is 7.10. The van der Waals surface area contributed by atoms with Crippen LogP contribution in [0.15, 0.2) is 40.4 Å². The van der Waals surface area contributed by atoms with Gasteiger partial charge in [-0.15, -0.1) is 11.8 Å². The summed E-state index contributed by atoms with van der Waals surface area (Å²) in [5.74, 6) is -0.0233. The minimum Gasteiger partial charge on any atom is -0.370 e. The number of rotatable bonds is 10. The van der Waals surface area contributed by atoms with E-state index < -0.39 is 15.7 Å². The van der Waals surface area contributed by atoms with Gasteiger partial charge in [0.1, 0.15) is 0 Å². The fraction of sp³-hybridized carbons (Fsp3) is 0.333. The van der Waals surface area contributed by atoms with Crippen LogP contribution in [-0.4, -0.2) is 54.9 Å². The maximum atomic E-state index is 11.7. The normalized spacial score (nSPS) is 12.6. The molecule has 0 aliphatic heterocycles. The third-order valence-corrected chi connectivity index (χ3v) is 7.00. The van der Waals surface area contributed by atoms with Crippen molar-refractivity contribution in [1.82, 2.24) is 15.0 Å². The Bertz CT molecular complexity index is 1130. The highest BCUT2D eigenvalue weighted by Gasteiger charge is 2.15. The number of anilines is 2. The predicted molar refractivity (Wildman–Crippen MR) is 121 cm³/mol. The van der Waals surface area contributed by atoms with E-state index in [-0.39, 0.29) is 17.2 Å². The Labute approximate surface area is 182 Å². The second kappa shape index (κ2) is 9.58. The van der Waals surface area contributed by atoms with E-state index >= 15 is 0 Å². The molecule has 160 valence electrons. The minimum atomic E-state index is -3.28. The van der Waals surface area contributed by atoms with Crippen LogP contribution in [0, 0.1) is 5.92 Å². The average molecular weight is 467 g/mol. The minimum absolute atomic E-state index is 0.107. The van der Waals surface area contributed by atoms with Crippen molar-refractivity contribution in [2.24, 2.45) is 11.7 Å². The Morgan fingerprint density at radius 3 is 2.57 bits per heavy atom. The summed E-state index contributed by atoms with van der Waals surface area (Å²) in [5.41, 5.74) is 6.10. The van der Waals surface area contributed by atoms with Crippen molar-refractivity contribution >= 4 is 60.1 Å². The summed E-state index contributed by atoms with van der Waals surface area (Å²) in [6.45, 7) is 0.912. The number of primary amides is 1. The highest BCUT2D eigenvalue weighted by Crippen LogP contribution is 2.28. The van der Waals surface area contributed by atoms with Crippen LogP contribution in [0.1, 0.15) is 6.42 Å². The van der Waals surface area contributed by atoms with Crippen LogP contribution in [0.4, 0.5) is 11.1 Å². The lowest BCUT2D eigenvalue weighted by atomic mass is 10.1. The van der Waals surface area contributed by atoms with Gasteiger partial charge in [0.25, 0.3) is 0 Å². The first-order valence-electron chi connectivity index (χ1n) is 8.97. The number of aromatic nitrogens is 3. The lowest BCUT2D eigenvalue weighted by molar-refractivity contribution is -0.118. The van der Waals surface area contributed by atoms with E-state index in [1.165, 1.54) is 17.6 Å². The monoisotopic (exact) mass is 466 g/mol. The Hall–Kier alpha value is -2.44. The zero-order chi connectivity index (χ0) is 21.7. The summed E-state index contributed by atoms with van der Waals surface area (Å²) >= 11 is 2.91. The standard InChI is InChI=1S/C18H22N6O3S3/c1-28-12-9-21-17(22-10-12)20-7-11(5-16(19)25)8-23-18-24-14-4-3-13(30(2,26)27)6-15(14)29-18/h3-4,6,9-11H,5,7-8H2,1-2H3,(H2,19,25)(H,23,24)(H,20,21,22). The van der Waals surface area contributed by atoms with Gasteiger partial charge in [0.2, 0.25) is 11.9 Å². The van der Waals surface area contributed by atoms with E-state index in [0.29, 0.717) is 29.7 Å². The summed E-state index contributed by atoms with van der Waals surface area (Å²) in [5, 5.41) is 6.99. The highest BCUT2D eigenvalue weighted by atomic mass is 32.2. The Morgan fingerprint density at radius 1 is 1.23 bits per heavy atom. The molecule has 1 atom stereocenters. The number of sulfone groups is 1. The fourth-order valence-electron chi connectivity index (χ4n) is 2.69. The number of nitrogens with one attached hydrogen (secondary N) is 2. The number of thioether (sulfide) groups is 1. The van der Waals surface area contributed by atoms with Crippen molar-refractivity contribution in [3.8, 4) is 0 Å². The van der Waals surface area contributed by atoms with Gasteiger partial charge in [-0.3, -0.25) is 4.79 Å². The molecule has 4 N–H and O–H groups in total. The molecule has 12 heteroatoms. The molecule has 30 heavy (non-hydrogen) atoms. The number of carbonyl (C=O) groups is 1. The molecule has 1 amide bonds. The molecule has 9 nitrogen and oxygen atoms in total. The van der Waals surface area contributed by atoms with E-state index in [1.54, 1.807) is 42.4 Å². The molecule has 1 unspecified atom stereocenters. The molecule has 0 radical (unpaired) electrons. The fourth-order valence-corrected chi connectivity index (χ4v) is 4.64. The first-order valence-corrected chi connectivity index (χ1v) is 12.9. The van der Waals surface area contributed by atoms with Gasteiger partial charge < -0.3 is 16.4 Å². The third kappa shape index (κ3) is 6.03. The molecule has 0 aliphatic carbocycles. The molecular formula is C18H22N6O3S3. The highest BCUT2D eigenvalue weighted by molar-refractivity contribution is 7.98. The van der Waals surface area contributed by atoms with Crippen molar-refractivity contribution in [1.29, 1.82) is 0 Å². The topological polar surface area (TPSA) is 140 Å². The van der Waals surface area contributed by atoms with Crippen LogP contribution < -0.4 is 16.4 Å². The van der Waals surface area contributed by atoms with Crippen molar-refractivity contribution in [3.05, 3.63) is 30.6 Å². The smallest absolute Gasteiger partial charge is 0.222 e. The summed E-state index contributed by atoms with van der Waals surface area (Å²) in [4.78, 5) is 25.6. The molecule has 2 heterocycles. The number of hydrogen-bond donors (Lipinski definition) is 3. The summed E-state index contributed by atoms with van der Waals surface area (Å²) < 4.78 is 24.2. The zero-order valence-electron chi connectivity index (χ0n) is 16.5. The lowest BCUT2D eigenvalue weighted by Crippen LogP contribution is -2.28. The molecule has 3 rings (SSSR count). The number of amides is 1. The zero-order valence-corrected chi connectivity index (χ0v) is 18.9. The molecule has 0 saturated carbocycles. The van der Waals surface area contributed by atoms with E-state index in [2.05, 4.69) is 25.6 Å². The first kappa shape index (κ1) is 22.2. The van der Waals surface area contributed by atoms with Crippen LogP contribution in [0.25, 0.3) is 10.2 Å². The molecule has 1 aromatic carbocycles. The van der Waals surface area contributed by atoms with E-state index in [4.69, 9.17) is 5.73 Å². The molecule has 2 aromatic heterocycles. The molecule has 0 fully saturated rings. The van der Waals surface area contributed by atoms with Crippen LogP contribution >= 0.6 is 23.1 Å². The number of thiazole rings is 1. The maximum Gasteiger partial charge on any atom is 0.222 e. The lowest BCUT2D eigenvalue weighted by Gasteiger charge is -2.16. The second-order valence-corrected chi connectivity index (χ2v) is 10.6. The van der Waals surface area contributed by atoms with Gasteiger partial charge in [0.05, 0.1) is 15.1 Å². The molecular weight excluding hydrogens is 444 g/mol. The predicted octanol–water partition coefficient (Wildman–Crippen LogP) is 2.23. The maximum absolute atomic E-state index is 11.7. The molecule has 0 aliphatic rings. The number of fused-ring (bicyclic) bond motifs is 1. The molecule has 0 bridgehead atoms. The van der Waals surface area contributed by atoms with Gasteiger partial charge in [-0.25, -0.2) is 23.4 Å². The van der Waals surface area contributed by atoms with Crippen molar-refractivity contribution in [2.75, 3.05) is 36.2 Å². The van der Waals surface area contributed by atoms with Crippen LogP contribution in [0.2, 0.25) is 0 Å². The number of nitrogens with two attached hydrogens (primary N) is 1. The van der Waals surface area contributed by atoms with Gasteiger partial charge in [-0.1, -0.05) is 11.3 Å².